The van der Waals surface area contributed by atoms with E-state index in [-0.39, 0.29) is 11.8 Å². The average Bonchev–Trinajstić information content (AvgIpc) is 2.39. The Morgan fingerprint density at radius 2 is 1.79 bits per heavy atom. The zero-order valence-electron chi connectivity index (χ0n) is 11.9. The molecular weight excluding hydrogens is 242 g/mol. The normalized spacial score (nSPS) is 12.8. The van der Waals surface area contributed by atoms with Crippen molar-refractivity contribution in [3.05, 3.63) is 35.9 Å². The minimum atomic E-state index is -1.20. The highest BCUT2D eigenvalue weighted by Crippen LogP contribution is 2.23. The van der Waals surface area contributed by atoms with Crippen molar-refractivity contribution in [2.24, 2.45) is 0 Å². The number of carboxylic acids is 1. The number of nitrogens with zero attached hydrogens (tertiary/aromatic N) is 1. The first-order valence-corrected chi connectivity index (χ1v) is 6.42. The lowest BCUT2D eigenvalue weighted by atomic mass is 9.95. The van der Waals surface area contributed by atoms with Crippen molar-refractivity contribution in [2.45, 2.75) is 39.2 Å². The Labute approximate surface area is 114 Å². The van der Waals surface area contributed by atoms with Gasteiger partial charge in [0.05, 0.1) is 5.92 Å². The molecule has 0 aliphatic heterocycles. The van der Waals surface area contributed by atoms with Crippen LogP contribution in [0.4, 0.5) is 0 Å². The third kappa shape index (κ3) is 3.13. The minimum absolute atomic E-state index is 0.166. The van der Waals surface area contributed by atoms with Crippen molar-refractivity contribution in [2.75, 3.05) is 6.54 Å². The SMILES string of the molecule is CCN(C(=O)C(C)c1ccccc1)C(C)(C)C(=O)O. The molecule has 1 rings (SSSR count). The molecule has 4 nitrogen and oxygen atoms in total. The van der Waals surface area contributed by atoms with Crippen LogP contribution in [0.1, 0.15) is 39.2 Å². The smallest absolute Gasteiger partial charge is 0.329 e. The van der Waals surface area contributed by atoms with Crippen LogP contribution < -0.4 is 0 Å². The first-order valence-electron chi connectivity index (χ1n) is 6.42. The monoisotopic (exact) mass is 263 g/mol. The van der Waals surface area contributed by atoms with E-state index in [9.17, 15) is 14.7 Å². The lowest BCUT2D eigenvalue weighted by Crippen LogP contribution is -2.54. The molecule has 104 valence electrons. The Hall–Kier alpha value is -1.84. The maximum Gasteiger partial charge on any atom is 0.329 e. The third-order valence-corrected chi connectivity index (χ3v) is 3.45. The van der Waals surface area contributed by atoms with Gasteiger partial charge in [0.15, 0.2) is 0 Å². The summed E-state index contributed by atoms with van der Waals surface area (Å²) in [6.07, 6.45) is 0. The maximum absolute atomic E-state index is 12.5. The Kier molecular flexibility index (Phi) is 4.70. The molecule has 0 aromatic heterocycles. The molecule has 0 saturated carbocycles. The molecule has 1 N–H and O–H groups in total. The van der Waals surface area contributed by atoms with Gasteiger partial charge in [0, 0.05) is 6.54 Å². The molecule has 1 aromatic rings. The number of hydrogen-bond donors (Lipinski definition) is 1. The molecule has 19 heavy (non-hydrogen) atoms. The largest absolute Gasteiger partial charge is 0.480 e. The van der Waals surface area contributed by atoms with E-state index >= 15 is 0 Å². The number of carbonyl (C=O) groups is 2. The zero-order valence-corrected chi connectivity index (χ0v) is 11.9. The Morgan fingerprint density at radius 1 is 1.26 bits per heavy atom. The van der Waals surface area contributed by atoms with Crippen LogP contribution in [0, 0.1) is 0 Å². The van der Waals surface area contributed by atoms with Crippen LogP contribution >= 0.6 is 0 Å². The average molecular weight is 263 g/mol. The number of benzene rings is 1. The summed E-state index contributed by atoms with van der Waals surface area (Å²) < 4.78 is 0. The Balaban J connectivity index is 3.00. The lowest BCUT2D eigenvalue weighted by Gasteiger charge is -2.36. The van der Waals surface area contributed by atoms with Gasteiger partial charge in [-0.15, -0.1) is 0 Å². The lowest BCUT2D eigenvalue weighted by molar-refractivity contribution is -0.157. The second-order valence-electron chi connectivity index (χ2n) is 5.08. The molecule has 1 atom stereocenters. The summed E-state index contributed by atoms with van der Waals surface area (Å²) in [6, 6.07) is 9.39. The standard InChI is InChI=1S/C15H21NO3/c1-5-16(15(3,4)14(18)19)13(17)11(2)12-9-7-6-8-10-12/h6-11H,5H2,1-4H3,(H,18,19). The van der Waals surface area contributed by atoms with Crippen molar-refractivity contribution in [3.8, 4) is 0 Å². The van der Waals surface area contributed by atoms with E-state index in [0.29, 0.717) is 6.54 Å². The highest BCUT2D eigenvalue weighted by Gasteiger charge is 2.38. The molecule has 0 bridgehead atoms. The highest BCUT2D eigenvalue weighted by molar-refractivity contribution is 5.89. The summed E-state index contributed by atoms with van der Waals surface area (Å²) in [5.74, 6) is -1.51. The molecule has 1 amide bonds. The summed E-state index contributed by atoms with van der Waals surface area (Å²) in [5.41, 5.74) is -0.304. The van der Waals surface area contributed by atoms with E-state index in [0.717, 1.165) is 5.56 Å². The quantitative estimate of drug-likeness (QED) is 0.888. The summed E-state index contributed by atoms with van der Waals surface area (Å²) in [4.78, 5) is 25.2. The van der Waals surface area contributed by atoms with Crippen molar-refractivity contribution >= 4 is 11.9 Å². The van der Waals surface area contributed by atoms with Crippen LogP contribution in [-0.4, -0.2) is 34.0 Å². The zero-order chi connectivity index (χ0) is 14.6. The van der Waals surface area contributed by atoms with Gasteiger partial charge in [0.2, 0.25) is 5.91 Å². The molecule has 0 aliphatic rings. The molecule has 1 aromatic carbocycles. The summed E-state index contributed by atoms with van der Waals surface area (Å²) in [7, 11) is 0. The van der Waals surface area contributed by atoms with Crippen LogP contribution in [0.2, 0.25) is 0 Å². The number of amides is 1. The topological polar surface area (TPSA) is 57.6 Å². The van der Waals surface area contributed by atoms with Crippen LogP contribution in [0.25, 0.3) is 0 Å². The molecule has 0 saturated heterocycles. The van der Waals surface area contributed by atoms with Crippen LogP contribution in [0.15, 0.2) is 30.3 Å². The van der Waals surface area contributed by atoms with Crippen LogP contribution in [0.3, 0.4) is 0 Å². The molecule has 0 aliphatic carbocycles. The highest BCUT2D eigenvalue weighted by atomic mass is 16.4. The number of aliphatic carboxylic acids is 1. The van der Waals surface area contributed by atoms with E-state index in [1.165, 1.54) is 4.90 Å². The van der Waals surface area contributed by atoms with E-state index in [1.807, 2.05) is 30.3 Å². The minimum Gasteiger partial charge on any atom is -0.480 e. The Morgan fingerprint density at radius 3 is 2.21 bits per heavy atom. The van der Waals surface area contributed by atoms with Gasteiger partial charge in [-0.05, 0) is 33.3 Å². The summed E-state index contributed by atoms with van der Waals surface area (Å²) in [6.45, 7) is 7.07. The van der Waals surface area contributed by atoms with E-state index in [4.69, 9.17) is 0 Å². The second-order valence-corrected chi connectivity index (χ2v) is 5.08. The fourth-order valence-corrected chi connectivity index (χ4v) is 2.06. The van der Waals surface area contributed by atoms with Crippen molar-refractivity contribution in [3.63, 3.8) is 0 Å². The number of hydrogen-bond acceptors (Lipinski definition) is 2. The molecule has 0 heterocycles. The molecule has 0 spiro atoms. The first kappa shape index (κ1) is 15.2. The fraction of sp³-hybridized carbons (Fsp3) is 0.467. The molecule has 4 heteroatoms. The predicted octanol–water partition coefficient (Wildman–Crippen LogP) is 2.50. The van der Waals surface area contributed by atoms with Gasteiger partial charge in [-0.3, -0.25) is 4.79 Å². The van der Waals surface area contributed by atoms with Crippen molar-refractivity contribution in [1.29, 1.82) is 0 Å². The van der Waals surface area contributed by atoms with E-state index < -0.39 is 11.5 Å². The van der Waals surface area contributed by atoms with Crippen molar-refractivity contribution < 1.29 is 14.7 Å². The van der Waals surface area contributed by atoms with Crippen molar-refractivity contribution in [1.82, 2.24) is 4.90 Å². The Bertz CT molecular complexity index is 454. The van der Waals surface area contributed by atoms with Gasteiger partial charge in [-0.2, -0.15) is 0 Å². The van der Waals surface area contributed by atoms with Gasteiger partial charge in [-0.25, -0.2) is 4.79 Å². The predicted molar refractivity (Wildman–Crippen MR) is 74.0 cm³/mol. The number of carbonyl (C=O) groups excluding carboxylic acids is 1. The van der Waals surface area contributed by atoms with Crippen LogP contribution in [-0.2, 0) is 9.59 Å². The van der Waals surface area contributed by atoms with Crippen LogP contribution in [0.5, 0.6) is 0 Å². The number of carboxylic acid groups (broad SMARTS) is 1. The first-order chi connectivity index (χ1) is 8.82. The maximum atomic E-state index is 12.5. The third-order valence-electron chi connectivity index (χ3n) is 3.45. The molecule has 0 radical (unpaired) electrons. The van der Waals surface area contributed by atoms with E-state index in [1.54, 1.807) is 27.7 Å². The van der Waals surface area contributed by atoms with Gasteiger partial charge >= 0.3 is 5.97 Å². The molecule has 1 unspecified atom stereocenters. The van der Waals surface area contributed by atoms with Gasteiger partial charge in [0.25, 0.3) is 0 Å². The second kappa shape index (κ2) is 5.87. The molecular formula is C15H21NO3. The van der Waals surface area contributed by atoms with Gasteiger partial charge in [0.1, 0.15) is 5.54 Å². The van der Waals surface area contributed by atoms with Gasteiger partial charge in [-0.1, -0.05) is 30.3 Å². The molecule has 0 fully saturated rings. The van der Waals surface area contributed by atoms with E-state index in [2.05, 4.69) is 0 Å². The summed E-state index contributed by atoms with van der Waals surface area (Å²) >= 11 is 0. The number of likely N-dealkylation sites (N-methyl/N-ethyl adjacent to an activating group) is 1. The fourth-order valence-electron chi connectivity index (χ4n) is 2.06. The summed E-state index contributed by atoms with van der Waals surface area (Å²) in [5, 5.41) is 9.25. The number of rotatable bonds is 5. The van der Waals surface area contributed by atoms with Gasteiger partial charge < -0.3 is 10.0 Å².